The van der Waals surface area contributed by atoms with Crippen molar-refractivity contribution in [3.05, 3.63) is 34.5 Å². The van der Waals surface area contributed by atoms with E-state index >= 15 is 0 Å². The van der Waals surface area contributed by atoms with Crippen molar-refractivity contribution in [2.75, 3.05) is 0 Å². The van der Waals surface area contributed by atoms with Crippen LogP contribution < -0.4 is 16.9 Å². The van der Waals surface area contributed by atoms with Crippen LogP contribution in [0.3, 0.4) is 0 Å². The summed E-state index contributed by atoms with van der Waals surface area (Å²) in [4.78, 5) is 19.5. The van der Waals surface area contributed by atoms with E-state index in [4.69, 9.17) is 4.79 Å². The summed E-state index contributed by atoms with van der Waals surface area (Å²) in [6, 6.07) is 6.61. The fraction of sp³-hybridized carbons (Fsp3) is 0. The van der Waals surface area contributed by atoms with Gasteiger partial charge in [0.25, 0.3) is 0 Å². The zero-order valence-corrected chi connectivity index (χ0v) is 6.28. The maximum atomic E-state index is 10.5. The minimum absolute atomic E-state index is 0.218. The summed E-state index contributed by atoms with van der Waals surface area (Å²) in [6.07, 6.45) is 0. The first kappa shape index (κ1) is 8.26. The summed E-state index contributed by atoms with van der Waals surface area (Å²) < 4.78 is 0. The van der Waals surface area contributed by atoms with Gasteiger partial charge >= 0.3 is 6.03 Å². The van der Waals surface area contributed by atoms with Crippen molar-refractivity contribution >= 4 is 16.8 Å². The molecular formula is C8H8N2O2. The van der Waals surface area contributed by atoms with E-state index in [9.17, 15) is 4.79 Å². The number of nitrogens with two attached hydrogens (primary N) is 2. The minimum atomic E-state index is -0.833. The van der Waals surface area contributed by atoms with Crippen LogP contribution in [-0.2, 0) is 0 Å². The van der Waals surface area contributed by atoms with Crippen molar-refractivity contribution in [2.45, 2.75) is 0 Å². The van der Waals surface area contributed by atoms with Crippen LogP contribution in [0.5, 0.6) is 0 Å². The largest absolute Gasteiger partial charge is 0.352 e. The number of hydrogen-bond donors (Lipinski definition) is 2. The molecule has 0 atom stereocenters. The van der Waals surface area contributed by atoms with Gasteiger partial charge in [-0.05, 0) is 0 Å². The number of carbonyl (C=O) groups is 1. The Morgan fingerprint density at radius 3 is 1.67 bits per heavy atom. The van der Waals surface area contributed by atoms with E-state index in [1.54, 1.807) is 0 Å². The van der Waals surface area contributed by atoms with E-state index in [1.807, 2.05) is 24.3 Å². The van der Waals surface area contributed by atoms with Gasteiger partial charge in [-0.15, -0.1) is 0 Å². The Kier molecular flexibility index (Phi) is 2.09. The fourth-order valence-electron chi connectivity index (χ4n) is 0.833. The van der Waals surface area contributed by atoms with E-state index in [0.717, 1.165) is 10.8 Å². The number of benzene rings is 1. The highest BCUT2D eigenvalue weighted by Crippen LogP contribution is 2.11. The highest BCUT2D eigenvalue weighted by molar-refractivity contribution is 5.96. The van der Waals surface area contributed by atoms with E-state index in [0.29, 0.717) is 0 Å². The van der Waals surface area contributed by atoms with Gasteiger partial charge in [-0.1, -0.05) is 24.3 Å². The molecule has 0 radical (unpaired) electrons. The molecule has 0 unspecified atom stereocenters. The molecule has 0 saturated carbocycles. The SMILES string of the molecule is NC(N)=O.O=c1c2ccccc12. The van der Waals surface area contributed by atoms with E-state index < -0.39 is 6.03 Å². The van der Waals surface area contributed by atoms with Gasteiger partial charge in [0, 0.05) is 10.8 Å². The number of hydrogen-bond acceptors (Lipinski definition) is 2. The Bertz CT molecular complexity index is 378. The molecule has 0 saturated heterocycles. The molecular weight excluding hydrogens is 156 g/mol. The van der Waals surface area contributed by atoms with Crippen LogP contribution in [0.4, 0.5) is 4.79 Å². The second-order valence-electron chi connectivity index (χ2n) is 2.28. The third kappa shape index (κ3) is 1.82. The van der Waals surface area contributed by atoms with Gasteiger partial charge in [-0.25, -0.2) is 4.79 Å². The molecule has 0 aliphatic heterocycles. The summed E-state index contributed by atoms with van der Waals surface area (Å²) in [6.45, 7) is 0. The van der Waals surface area contributed by atoms with Crippen molar-refractivity contribution in [1.82, 2.24) is 0 Å². The first-order valence-electron chi connectivity index (χ1n) is 3.31. The average molecular weight is 164 g/mol. The topological polar surface area (TPSA) is 86.2 Å². The van der Waals surface area contributed by atoms with Gasteiger partial charge in [0.2, 0.25) is 0 Å². The van der Waals surface area contributed by atoms with Crippen molar-refractivity contribution in [2.24, 2.45) is 11.5 Å². The Morgan fingerprint density at radius 2 is 1.42 bits per heavy atom. The number of urea groups is 1. The molecule has 0 aliphatic carbocycles. The predicted molar refractivity (Wildman–Crippen MR) is 46.4 cm³/mol. The fourth-order valence-corrected chi connectivity index (χ4v) is 0.833. The number of amides is 2. The van der Waals surface area contributed by atoms with Gasteiger partial charge in [-0.3, -0.25) is 4.79 Å². The molecule has 4 nitrogen and oxygen atoms in total. The van der Waals surface area contributed by atoms with Gasteiger partial charge < -0.3 is 11.5 Å². The van der Waals surface area contributed by atoms with Crippen molar-refractivity contribution < 1.29 is 4.79 Å². The van der Waals surface area contributed by atoms with Crippen LogP contribution in [0, 0.1) is 0 Å². The van der Waals surface area contributed by atoms with Crippen molar-refractivity contribution in [3.63, 3.8) is 0 Å². The highest BCUT2D eigenvalue weighted by atomic mass is 16.2. The van der Waals surface area contributed by atoms with Crippen LogP contribution in [0.15, 0.2) is 29.1 Å². The van der Waals surface area contributed by atoms with Crippen LogP contribution in [0.2, 0.25) is 0 Å². The molecule has 2 aromatic carbocycles. The standard InChI is InChI=1S/C7H4O.CH4N2O/c8-7-5-3-1-2-4-6(5)7;2-1(3)4/h1-4H;(H4,2,3,4). The van der Waals surface area contributed by atoms with Crippen LogP contribution in [0.25, 0.3) is 10.8 Å². The normalized spacial score (nSPS) is 9.33. The molecule has 4 N–H and O–H groups in total. The number of rotatable bonds is 0. The van der Waals surface area contributed by atoms with Gasteiger partial charge in [0.1, 0.15) is 0 Å². The van der Waals surface area contributed by atoms with Crippen molar-refractivity contribution in [1.29, 1.82) is 0 Å². The third-order valence-corrected chi connectivity index (χ3v) is 1.35. The molecule has 0 bridgehead atoms. The maximum absolute atomic E-state index is 10.5. The lowest BCUT2D eigenvalue weighted by Gasteiger charge is -1.66. The number of primary amides is 2. The molecule has 2 rings (SSSR count). The monoisotopic (exact) mass is 164 g/mol. The Balaban J connectivity index is 0.000000157. The highest BCUT2D eigenvalue weighted by Gasteiger charge is 2.07. The van der Waals surface area contributed by atoms with E-state index in [-0.39, 0.29) is 5.43 Å². The second kappa shape index (κ2) is 3.04. The Hall–Kier alpha value is -1.84. The third-order valence-electron chi connectivity index (χ3n) is 1.35. The number of carbonyl (C=O) groups excluding carboxylic acids is 1. The lowest BCUT2D eigenvalue weighted by molar-refractivity contribution is 0.256. The average Bonchev–Trinajstić information content (AvgIpc) is 2.63. The first-order chi connectivity index (χ1) is 5.63. The molecule has 62 valence electrons. The summed E-state index contributed by atoms with van der Waals surface area (Å²) in [7, 11) is 0. The van der Waals surface area contributed by atoms with Crippen LogP contribution in [0.1, 0.15) is 0 Å². The van der Waals surface area contributed by atoms with Crippen molar-refractivity contribution in [3.8, 4) is 0 Å². The minimum Gasteiger partial charge on any atom is -0.352 e. The smallest absolute Gasteiger partial charge is 0.309 e. The summed E-state index contributed by atoms with van der Waals surface area (Å²) in [5.41, 5.74) is 8.72. The Morgan fingerprint density at radius 1 is 1.08 bits per heavy atom. The predicted octanol–water partition coefficient (Wildman–Crippen LogP) is 0.0994. The number of fused-ring (bicyclic) bond motifs is 1. The van der Waals surface area contributed by atoms with E-state index in [1.165, 1.54) is 0 Å². The summed E-state index contributed by atoms with van der Waals surface area (Å²) in [5, 5.41) is 1.79. The molecule has 0 spiro atoms. The quantitative estimate of drug-likeness (QED) is 0.578. The molecule has 0 aliphatic rings. The molecule has 2 aromatic rings. The van der Waals surface area contributed by atoms with Crippen LogP contribution in [-0.4, -0.2) is 6.03 Å². The molecule has 0 fully saturated rings. The zero-order valence-electron chi connectivity index (χ0n) is 6.28. The maximum Gasteiger partial charge on any atom is 0.309 e. The van der Waals surface area contributed by atoms with Crippen LogP contribution >= 0.6 is 0 Å². The Labute approximate surface area is 68.5 Å². The lowest BCUT2D eigenvalue weighted by atomic mass is 10.4. The van der Waals surface area contributed by atoms with Gasteiger partial charge in [-0.2, -0.15) is 0 Å². The van der Waals surface area contributed by atoms with E-state index in [2.05, 4.69) is 11.5 Å². The lowest BCUT2D eigenvalue weighted by Crippen LogP contribution is -2.18. The molecule has 4 heteroatoms. The summed E-state index contributed by atoms with van der Waals surface area (Å²) in [5.74, 6) is 0. The molecule has 0 aromatic heterocycles. The molecule has 12 heavy (non-hydrogen) atoms. The first-order valence-corrected chi connectivity index (χ1v) is 3.31. The summed E-state index contributed by atoms with van der Waals surface area (Å²) >= 11 is 0. The zero-order chi connectivity index (χ0) is 9.14. The second-order valence-corrected chi connectivity index (χ2v) is 2.28. The van der Waals surface area contributed by atoms with Gasteiger partial charge in [0.15, 0.2) is 5.43 Å². The molecule has 0 heterocycles. The van der Waals surface area contributed by atoms with Gasteiger partial charge in [0.05, 0.1) is 0 Å². The molecule has 2 amide bonds.